The van der Waals surface area contributed by atoms with E-state index in [0.29, 0.717) is 6.54 Å². The fourth-order valence-corrected chi connectivity index (χ4v) is 2.45. The van der Waals surface area contributed by atoms with E-state index >= 15 is 0 Å². The molecule has 0 radical (unpaired) electrons. The number of nitrogens with one attached hydrogen (secondary N) is 1. The van der Waals surface area contributed by atoms with E-state index < -0.39 is 0 Å². The molecule has 0 spiro atoms. The van der Waals surface area contributed by atoms with Crippen LogP contribution in [0.4, 0.5) is 0 Å². The summed E-state index contributed by atoms with van der Waals surface area (Å²) in [5, 5.41) is 4.16. The van der Waals surface area contributed by atoms with Crippen molar-refractivity contribution >= 4 is 11.6 Å². The number of ether oxygens (including phenoxy) is 1. The zero-order valence-corrected chi connectivity index (χ0v) is 12.7. The van der Waals surface area contributed by atoms with Crippen LogP contribution in [-0.4, -0.2) is 13.7 Å². The van der Waals surface area contributed by atoms with E-state index in [-0.39, 0.29) is 0 Å². The first-order valence-corrected chi connectivity index (χ1v) is 7.16. The predicted molar refractivity (Wildman–Crippen MR) is 84.6 cm³/mol. The Morgan fingerprint density at radius 1 is 1.15 bits per heavy atom. The van der Waals surface area contributed by atoms with E-state index in [0.717, 1.165) is 29.3 Å². The van der Waals surface area contributed by atoms with Crippen LogP contribution in [0.15, 0.2) is 42.5 Å². The van der Waals surface area contributed by atoms with Crippen LogP contribution < -0.4 is 10.1 Å². The van der Waals surface area contributed by atoms with Gasteiger partial charge in [-0.2, -0.15) is 0 Å². The lowest BCUT2D eigenvalue weighted by atomic mass is 10.1. The Bertz CT molecular complexity index is 569. The predicted octanol–water partition coefficient (Wildman–Crippen LogP) is 3.99. The van der Waals surface area contributed by atoms with Gasteiger partial charge in [0.1, 0.15) is 5.75 Å². The highest BCUT2D eigenvalue weighted by Gasteiger charge is 2.06. The first kappa shape index (κ1) is 14.9. The van der Waals surface area contributed by atoms with Gasteiger partial charge in [0.05, 0.1) is 7.11 Å². The topological polar surface area (TPSA) is 21.3 Å². The summed E-state index contributed by atoms with van der Waals surface area (Å²) in [5.41, 5.74) is 3.67. The number of halogens is 1. The summed E-state index contributed by atoms with van der Waals surface area (Å²) in [5.74, 6) is 0.834. The first-order chi connectivity index (χ1) is 9.70. The maximum Gasteiger partial charge on any atom is 0.124 e. The normalized spacial score (nSPS) is 10.6. The summed E-state index contributed by atoms with van der Waals surface area (Å²) < 4.78 is 5.33. The van der Waals surface area contributed by atoms with E-state index in [1.165, 1.54) is 11.1 Å². The molecule has 0 unspecified atom stereocenters. The largest absolute Gasteiger partial charge is 0.496 e. The molecule has 2 nitrogen and oxygen atoms in total. The van der Waals surface area contributed by atoms with Gasteiger partial charge in [-0.1, -0.05) is 47.5 Å². The van der Waals surface area contributed by atoms with E-state index in [1.807, 2.05) is 18.2 Å². The van der Waals surface area contributed by atoms with Crippen LogP contribution in [0.25, 0.3) is 0 Å². The van der Waals surface area contributed by atoms with E-state index in [2.05, 4.69) is 36.5 Å². The Hall–Kier alpha value is -1.51. The number of aryl methyl sites for hydroxylation is 1. The molecule has 0 saturated heterocycles. The highest BCUT2D eigenvalue weighted by atomic mass is 35.5. The van der Waals surface area contributed by atoms with Gasteiger partial charge in [-0.05, 0) is 37.6 Å². The molecule has 0 fully saturated rings. The smallest absolute Gasteiger partial charge is 0.124 e. The molecule has 2 aromatic rings. The third-order valence-corrected chi connectivity index (χ3v) is 3.62. The lowest BCUT2D eigenvalue weighted by molar-refractivity contribution is 0.408. The fraction of sp³-hybridized carbons (Fsp3) is 0.294. The molecule has 3 heteroatoms. The van der Waals surface area contributed by atoms with Crippen LogP contribution in [0.3, 0.4) is 0 Å². The molecule has 0 heterocycles. The van der Waals surface area contributed by atoms with E-state index in [9.17, 15) is 0 Å². The molecule has 0 aliphatic heterocycles. The van der Waals surface area contributed by atoms with Crippen molar-refractivity contribution in [3.05, 3.63) is 64.2 Å². The third-order valence-electron chi connectivity index (χ3n) is 3.27. The van der Waals surface area contributed by atoms with Crippen molar-refractivity contribution in [1.29, 1.82) is 0 Å². The minimum atomic E-state index is 0.717. The molecular weight excluding hydrogens is 270 g/mol. The average Bonchev–Trinajstić information content (AvgIpc) is 2.45. The van der Waals surface area contributed by atoms with Crippen molar-refractivity contribution in [3.63, 3.8) is 0 Å². The molecule has 0 aromatic heterocycles. The van der Waals surface area contributed by atoms with Crippen molar-refractivity contribution in [2.24, 2.45) is 0 Å². The third kappa shape index (κ3) is 3.99. The number of benzene rings is 2. The summed E-state index contributed by atoms with van der Waals surface area (Å²) in [6.07, 6.45) is 1.01. The van der Waals surface area contributed by atoms with E-state index in [4.69, 9.17) is 16.3 Å². The van der Waals surface area contributed by atoms with Crippen LogP contribution in [-0.2, 0) is 13.0 Å². The van der Waals surface area contributed by atoms with Gasteiger partial charge in [-0.3, -0.25) is 0 Å². The fourth-order valence-electron chi connectivity index (χ4n) is 2.22. The van der Waals surface area contributed by atoms with Crippen molar-refractivity contribution in [2.45, 2.75) is 19.9 Å². The molecule has 0 amide bonds. The summed E-state index contributed by atoms with van der Waals surface area (Å²) in [4.78, 5) is 0. The van der Waals surface area contributed by atoms with Gasteiger partial charge >= 0.3 is 0 Å². The second-order valence-corrected chi connectivity index (χ2v) is 5.24. The van der Waals surface area contributed by atoms with Crippen molar-refractivity contribution in [1.82, 2.24) is 5.32 Å². The Balaban J connectivity index is 1.87. The quantitative estimate of drug-likeness (QED) is 0.812. The number of methoxy groups -OCH3 is 1. The average molecular weight is 290 g/mol. The Labute approximate surface area is 125 Å². The maximum absolute atomic E-state index is 6.20. The van der Waals surface area contributed by atoms with Gasteiger partial charge in [0.15, 0.2) is 0 Å². The van der Waals surface area contributed by atoms with Gasteiger partial charge < -0.3 is 10.1 Å². The molecule has 0 atom stereocenters. The van der Waals surface area contributed by atoms with Gasteiger partial charge in [0.2, 0.25) is 0 Å². The molecule has 0 saturated carbocycles. The van der Waals surface area contributed by atoms with E-state index in [1.54, 1.807) is 7.11 Å². The van der Waals surface area contributed by atoms with Gasteiger partial charge in [-0.15, -0.1) is 0 Å². The highest BCUT2D eigenvalue weighted by molar-refractivity contribution is 6.31. The van der Waals surface area contributed by atoms with Crippen LogP contribution in [0.1, 0.15) is 16.7 Å². The zero-order valence-electron chi connectivity index (χ0n) is 11.9. The Kier molecular flexibility index (Phi) is 5.45. The number of rotatable bonds is 6. The summed E-state index contributed by atoms with van der Waals surface area (Å²) in [7, 11) is 1.67. The second-order valence-electron chi connectivity index (χ2n) is 4.84. The minimum absolute atomic E-state index is 0.717. The lowest BCUT2D eigenvalue weighted by Crippen LogP contribution is -2.17. The van der Waals surface area contributed by atoms with Crippen LogP contribution in [0.2, 0.25) is 5.02 Å². The van der Waals surface area contributed by atoms with Crippen molar-refractivity contribution in [2.75, 3.05) is 13.7 Å². The molecule has 0 bridgehead atoms. The highest BCUT2D eigenvalue weighted by Crippen LogP contribution is 2.25. The molecule has 2 rings (SSSR count). The molecule has 2 aromatic carbocycles. The number of hydrogen-bond donors (Lipinski definition) is 1. The van der Waals surface area contributed by atoms with Crippen molar-refractivity contribution in [3.8, 4) is 5.75 Å². The zero-order chi connectivity index (χ0) is 14.4. The standard InChI is InChI=1S/C17H20ClNO/c1-13-5-3-6-14(11-13)9-10-19-12-15-16(18)7-4-8-17(15)20-2/h3-8,11,19H,9-10,12H2,1-2H3. The summed E-state index contributed by atoms with van der Waals surface area (Å²) in [6, 6.07) is 14.3. The molecule has 1 N–H and O–H groups in total. The monoisotopic (exact) mass is 289 g/mol. The van der Waals surface area contributed by atoms with Gasteiger partial charge in [-0.25, -0.2) is 0 Å². The minimum Gasteiger partial charge on any atom is -0.496 e. The molecule has 0 aliphatic carbocycles. The molecule has 106 valence electrons. The van der Waals surface area contributed by atoms with Crippen LogP contribution in [0.5, 0.6) is 5.75 Å². The van der Waals surface area contributed by atoms with Crippen molar-refractivity contribution < 1.29 is 4.74 Å². The first-order valence-electron chi connectivity index (χ1n) is 6.78. The molecule has 0 aliphatic rings. The second kappa shape index (κ2) is 7.32. The summed E-state index contributed by atoms with van der Waals surface area (Å²) >= 11 is 6.20. The molecule has 20 heavy (non-hydrogen) atoms. The summed E-state index contributed by atoms with van der Waals surface area (Å²) in [6.45, 7) is 3.75. The SMILES string of the molecule is COc1cccc(Cl)c1CNCCc1cccc(C)c1. The molecular formula is C17H20ClNO. The Morgan fingerprint density at radius 2 is 1.95 bits per heavy atom. The Morgan fingerprint density at radius 3 is 2.70 bits per heavy atom. The maximum atomic E-state index is 6.20. The number of hydrogen-bond acceptors (Lipinski definition) is 2. The van der Waals surface area contributed by atoms with Crippen LogP contribution >= 0.6 is 11.6 Å². The van der Waals surface area contributed by atoms with Gasteiger partial charge in [0.25, 0.3) is 0 Å². The van der Waals surface area contributed by atoms with Crippen LogP contribution in [0, 0.1) is 6.92 Å². The van der Waals surface area contributed by atoms with Gasteiger partial charge in [0, 0.05) is 17.1 Å². The lowest BCUT2D eigenvalue weighted by Gasteiger charge is -2.11.